The minimum atomic E-state index is 0.354. The van der Waals surface area contributed by atoms with E-state index in [-0.39, 0.29) is 0 Å². The van der Waals surface area contributed by atoms with Crippen molar-refractivity contribution in [1.29, 1.82) is 0 Å². The molecule has 0 saturated heterocycles. The van der Waals surface area contributed by atoms with Crippen molar-refractivity contribution in [3.05, 3.63) is 71.8 Å². The summed E-state index contributed by atoms with van der Waals surface area (Å²) in [6.07, 6.45) is 0. The quantitative estimate of drug-likeness (QED) is 0.788. The van der Waals surface area contributed by atoms with Crippen LogP contribution in [0.4, 0.5) is 0 Å². The van der Waals surface area contributed by atoms with Crippen molar-refractivity contribution < 1.29 is 0 Å². The van der Waals surface area contributed by atoms with Gasteiger partial charge in [-0.1, -0.05) is 60.7 Å². The summed E-state index contributed by atoms with van der Waals surface area (Å²) in [5.74, 6) is 0. The van der Waals surface area contributed by atoms with E-state index in [2.05, 4.69) is 99.0 Å². The van der Waals surface area contributed by atoms with Crippen LogP contribution in [-0.4, -0.2) is 12.1 Å². The topological polar surface area (TPSA) is 24.1 Å². The summed E-state index contributed by atoms with van der Waals surface area (Å²) in [6.45, 7) is 8.93. The van der Waals surface area contributed by atoms with Gasteiger partial charge in [0.25, 0.3) is 0 Å². The zero-order valence-corrected chi connectivity index (χ0v) is 14.1. The Morgan fingerprint density at radius 3 is 1.18 bits per heavy atom. The smallest absolute Gasteiger partial charge is 0.0294 e. The predicted octanol–water partition coefficient (Wildman–Crippen LogP) is 4.47. The van der Waals surface area contributed by atoms with Crippen LogP contribution in [0.15, 0.2) is 60.7 Å². The van der Waals surface area contributed by atoms with Gasteiger partial charge in [0.2, 0.25) is 0 Å². The molecule has 0 amide bonds. The van der Waals surface area contributed by atoms with E-state index in [1.807, 2.05) is 0 Å². The molecule has 0 saturated carbocycles. The van der Waals surface area contributed by atoms with Gasteiger partial charge in [0.05, 0.1) is 0 Å². The van der Waals surface area contributed by atoms with Crippen molar-refractivity contribution in [2.24, 2.45) is 0 Å². The number of nitrogens with one attached hydrogen (secondary N) is 2. The minimum Gasteiger partial charge on any atom is -0.306 e. The highest BCUT2D eigenvalue weighted by atomic mass is 15.0. The zero-order chi connectivity index (χ0) is 15.9. The summed E-state index contributed by atoms with van der Waals surface area (Å²) < 4.78 is 0. The lowest BCUT2D eigenvalue weighted by atomic mass is 10.0. The van der Waals surface area contributed by atoms with Gasteiger partial charge in [0, 0.05) is 24.2 Å². The first-order chi connectivity index (χ1) is 10.6. The number of hydrogen-bond acceptors (Lipinski definition) is 2. The van der Waals surface area contributed by atoms with Crippen LogP contribution in [0.2, 0.25) is 0 Å². The third kappa shape index (κ3) is 4.69. The zero-order valence-electron chi connectivity index (χ0n) is 14.1. The summed E-state index contributed by atoms with van der Waals surface area (Å²) in [5, 5.41) is 7.38. The van der Waals surface area contributed by atoms with Crippen molar-refractivity contribution in [1.82, 2.24) is 10.6 Å². The molecular formula is C20H28N2. The van der Waals surface area contributed by atoms with Gasteiger partial charge >= 0.3 is 0 Å². The fourth-order valence-corrected chi connectivity index (χ4v) is 2.75. The molecule has 0 bridgehead atoms. The van der Waals surface area contributed by atoms with Crippen molar-refractivity contribution in [3.8, 4) is 0 Å². The molecular weight excluding hydrogens is 268 g/mol. The van der Waals surface area contributed by atoms with E-state index >= 15 is 0 Å². The average molecular weight is 296 g/mol. The van der Waals surface area contributed by atoms with Crippen molar-refractivity contribution in [3.63, 3.8) is 0 Å². The Morgan fingerprint density at radius 2 is 0.864 bits per heavy atom. The normalized spacial score (nSPS) is 16.7. The SMILES string of the molecule is CC(N[C@@H](C)c1ccccc1)C(C)N[C@@H](C)c1ccccc1. The van der Waals surface area contributed by atoms with E-state index in [0.717, 1.165) is 0 Å². The maximum absolute atomic E-state index is 3.69. The Hall–Kier alpha value is -1.64. The molecule has 2 nitrogen and oxygen atoms in total. The van der Waals surface area contributed by atoms with Crippen molar-refractivity contribution in [2.75, 3.05) is 0 Å². The number of benzene rings is 2. The van der Waals surface area contributed by atoms with Crippen LogP contribution in [0.1, 0.15) is 50.9 Å². The van der Waals surface area contributed by atoms with Gasteiger partial charge in [-0.15, -0.1) is 0 Å². The fourth-order valence-electron chi connectivity index (χ4n) is 2.75. The first-order valence-electron chi connectivity index (χ1n) is 8.20. The van der Waals surface area contributed by atoms with Crippen molar-refractivity contribution in [2.45, 2.75) is 51.9 Å². The first-order valence-corrected chi connectivity index (χ1v) is 8.20. The molecule has 2 aromatic carbocycles. The molecule has 2 rings (SSSR count). The summed E-state index contributed by atoms with van der Waals surface area (Å²) >= 11 is 0. The van der Waals surface area contributed by atoms with E-state index in [1.54, 1.807) is 0 Å². The van der Waals surface area contributed by atoms with Gasteiger partial charge in [0.1, 0.15) is 0 Å². The van der Waals surface area contributed by atoms with Gasteiger partial charge in [-0.2, -0.15) is 0 Å². The summed E-state index contributed by atoms with van der Waals surface area (Å²) in [6, 6.07) is 22.7. The summed E-state index contributed by atoms with van der Waals surface area (Å²) in [7, 11) is 0. The van der Waals surface area contributed by atoms with E-state index in [1.165, 1.54) is 11.1 Å². The molecule has 2 heteroatoms. The van der Waals surface area contributed by atoms with Crippen LogP contribution < -0.4 is 10.6 Å². The maximum atomic E-state index is 3.69. The molecule has 0 aliphatic heterocycles. The maximum Gasteiger partial charge on any atom is 0.0294 e. The molecule has 0 aromatic heterocycles. The van der Waals surface area contributed by atoms with Crippen LogP contribution in [0.3, 0.4) is 0 Å². The molecule has 2 N–H and O–H groups in total. The highest BCUT2D eigenvalue weighted by molar-refractivity contribution is 5.19. The summed E-state index contributed by atoms with van der Waals surface area (Å²) in [5.41, 5.74) is 2.66. The Kier molecular flexibility index (Phi) is 6.17. The second kappa shape index (κ2) is 8.11. The molecule has 2 unspecified atom stereocenters. The third-order valence-corrected chi connectivity index (χ3v) is 4.37. The number of hydrogen-bond donors (Lipinski definition) is 2. The largest absolute Gasteiger partial charge is 0.306 e. The van der Waals surface area contributed by atoms with Crippen LogP contribution in [0.25, 0.3) is 0 Å². The molecule has 0 heterocycles. The molecule has 2 aromatic rings. The minimum absolute atomic E-state index is 0.354. The van der Waals surface area contributed by atoms with E-state index < -0.39 is 0 Å². The molecule has 0 fully saturated rings. The van der Waals surface area contributed by atoms with Crippen molar-refractivity contribution >= 4 is 0 Å². The Morgan fingerprint density at radius 1 is 0.545 bits per heavy atom. The molecule has 4 atom stereocenters. The first kappa shape index (κ1) is 16.7. The molecule has 22 heavy (non-hydrogen) atoms. The second-order valence-electron chi connectivity index (χ2n) is 6.18. The predicted molar refractivity (Wildman–Crippen MR) is 94.9 cm³/mol. The molecule has 0 aliphatic rings. The lowest BCUT2D eigenvalue weighted by Gasteiger charge is -2.29. The van der Waals surface area contributed by atoms with Crippen LogP contribution in [0.5, 0.6) is 0 Å². The van der Waals surface area contributed by atoms with Crippen LogP contribution in [-0.2, 0) is 0 Å². The van der Waals surface area contributed by atoms with E-state index in [0.29, 0.717) is 24.2 Å². The molecule has 0 aliphatic carbocycles. The lowest BCUT2D eigenvalue weighted by Crippen LogP contribution is -2.45. The van der Waals surface area contributed by atoms with E-state index in [9.17, 15) is 0 Å². The molecule has 0 radical (unpaired) electrons. The highest BCUT2D eigenvalue weighted by Gasteiger charge is 2.17. The highest BCUT2D eigenvalue weighted by Crippen LogP contribution is 2.15. The van der Waals surface area contributed by atoms with Crippen LogP contribution in [0, 0.1) is 0 Å². The summed E-state index contributed by atoms with van der Waals surface area (Å²) in [4.78, 5) is 0. The average Bonchev–Trinajstić information content (AvgIpc) is 2.56. The van der Waals surface area contributed by atoms with Gasteiger partial charge in [-0.3, -0.25) is 0 Å². The Labute approximate surface area is 135 Å². The second-order valence-corrected chi connectivity index (χ2v) is 6.18. The Bertz CT molecular complexity index is 487. The van der Waals surface area contributed by atoms with Gasteiger partial charge in [-0.25, -0.2) is 0 Å². The fraction of sp³-hybridized carbons (Fsp3) is 0.400. The monoisotopic (exact) mass is 296 g/mol. The molecule has 118 valence electrons. The lowest BCUT2D eigenvalue weighted by molar-refractivity contribution is 0.356. The van der Waals surface area contributed by atoms with Gasteiger partial charge in [-0.05, 0) is 38.8 Å². The Balaban J connectivity index is 1.88. The van der Waals surface area contributed by atoms with Crippen LogP contribution >= 0.6 is 0 Å². The van der Waals surface area contributed by atoms with Gasteiger partial charge in [0.15, 0.2) is 0 Å². The molecule has 0 spiro atoms. The third-order valence-electron chi connectivity index (χ3n) is 4.37. The van der Waals surface area contributed by atoms with E-state index in [4.69, 9.17) is 0 Å². The standard InChI is InChI=1S/C20H28N2/c1-15(21-17(3)19-11-7-5-8-12-19)16(2)22-18(4)20-13-9-6-10-14-20/h5-18,21-22H,1-4H3/t15?,16?,17-,18-/m0/s1. The van der Waals surface area contributed by atoms with Gasteiger partial charge < -0.3 is 10.6 Å². The number of rotatable bonds is 7.